The molecule has 0 bridgehead atoms. The third kappa shape index (κ3) is 4.02. The number of halogens is 2. The second-order valence-corrected chi connectivity index (χ2v) is 5.38. The first-order valence-corrected chi connectivity index (χ1v) is 7.42. The quantitative estimate of drug-likeness (QED) is 0.555. The van der Waals surface area contributed by atoms with Gasteiger partial charge in [-0.05, 0) is 30.7 Å². The minimum atomic E-state index is -0.433. The molecule has 2 aromatic rings. The summed E-state index contributed by atoms with van der Waals surface area (Å²) < 4.78 is 5.67. The molecule has 1 N–H and O–H groups in total. The van der Waals surface area contributed by atoms with Crippen LogP contribution in [0.4, 0.5) is 11.4 Å². The zero-order chi connectivity index (χ0) is 16.1. The van der Waals surface area contributed by atoms with Gasteiger partial charge < -0.3 is 10.1 Å². The van der Waals surface area contributed by atoms with Crippen molar-refractivity contribution in [1.82, 2.24) is 0 Å². The summed E-state index contributed by atoms with van der Waals surface area (Å²) in [6, 6.07) is 9.38. The number of hydrogen-bond acceptors (Lipinski definition) is 4. The second-order valence-electron chi connectivity index (χ2n) is 4.54. The molecule has 0 heterocycles. The Morgan fingerprint density at radius 1 is 1.23 bits per heavy atom. The van der Waals surface area contributed by atoms with Gasteiger partial charge in [0.15, 0.2) is 0 Å². The molecule has 0 saturated heterocycles. The van der Waals surface area contributed by atoms with Crippen molar-refractivity contribution in [3.05, 3.63) is 56.6 Å². The van der Waals surface area contributed by atoms with Crippen LogP contribution in [0.1, 0.15) is 13.3 Å². The van der Waals surface area contributed by atoms with Gasteiger partial charge in [-0.3, -0.25) is 10.1 Å². The van der Waals surface area contributed by atoms with Crippen LogP contribution in [0.2, 0.25) is 10.0 Å². The van der Waals surface area contributed by atoms with E-state index in [9.17, 15) is 10.1 Å². The third-order valence-corrected chi connectivity index (χ3v) is 3.38. The maximum absolute atomic E-state index is 11.0. The minimum absolute atomic E-state index is 0.00278. The van der Waals surface area contributed by atoms with Gasteiger partial charge in [0.2, 0.25) is 0 Å². The molecule has 5 nitrogen and oxygen atoms in total. The van der Waals surface area contributed by atoms with Gasteiger partial charge in [0, 0.05) is 23.7 Å². The van der Waals surface area contributed by atoms with E-state index >= 15 is 0 Å². The maximum atomic E-state index is 11.0. The van der Waals surface area contributed by atoms with Crippen molar-refractivity contribution < 1.29 is 9.66 Å². The highest BCUT2D eigenvalue weighted by molar-refractivity contribution is 6.35. The van der Waals surface area contributed by atoms with Crippen molar-refractivity contribution >= 4 is 34.6 Å². The van der Waals surface area contributed by atoms with E-state index in [-0.39, 0.29) is 5.69 Å². The van der Waals surface area contributed by atoms with Gasteiger partial charge in [0.1, 0.15) is 17.2 Å². The summed E-state index contributed by atoms with van der Waals surface area (Å²) in [7, 11) is 0. The largest absolute Gasteiger partial charge is 0.456 e. The predicted octanol–water partition coefficient (Wildman–Crippen LogP) is 5.52. The number of anilines is 1. The highest BCUT2D eigenvalue weighted by Gasteiger charge is 2.15. The summed E-state index contributed by atoms with van der Waals surface area (Å²) >= 11 is 11.9. The number of hydrogen-bond donors (Lipinski definition) is 1. The van der Waals surface area contributed by atoms with E-state index in [0.29, 0.717) is 33.8 Å². The van der Waals surface area contributed by atoms with E-state index in [2.05, 4.69) is 5.32 Å². The third-order valence-electron chi connectivity index (χ3n) is 2.85. The molecule has 2 rings (SSSR count). The first-order valence-electron chi connectivity index (χ1n) is 6.66. The molecule has 0 saturated carbocycles. The number of benzene rings is 2. The molecule has 7 heteroatoms. The van der Waals surface area contributed by atoms with Gasteiger partial charge in [-0.2, -0.15) is 0 Å². The first-order chi connectivity index (χ1) is 10.5. The van der Waals surface area contributed by atoms with Crippen molar-refractivity contribution in [3.8, 4) is 11.5 Å². The number of ether oxygens (including phenoxy) is 1. The molecule has 0 aromatic heterocycles. The number of nitrogens with one attached hydrogen (secondary N) is 1. The Hall–Kier alpha value is -1.98. The van der Waals surface area contributed by atoms with Gasteiger partial charge >= 0.3 is 0 Å². The highest BCUT2D eigenvalue weighted by atomic mass is 35.5. The van der Waals surface area contributed by atoms with Crippen LogP contribution >= 0.6 is 23.2 Å². The van der Waals surface area contributed by atoms with E-state index in [0.717, 1.165) is 6.42 Å². The Balaban J connectivity index is 2.29. The normalized spacial score (nSPS) is 10.3. The van der Waals surface area contributed by atoms with E-state index < -0.39 is 4.92 Å². The molecule has 0 aliphatic rings. The number of nitro benzene ring substituents is 1. The molecule has 0 fully saturated rings. The smallest absolute Gasteiger partial charge is 0.292 e. The van der Waals surface area contributed by atoms with Gasteiger partial charge in [-0.1, -0.05) is 30.1 Å². The topological polar surface area (TPSA) is 64.4 Å². The molecule has 0 spiro atoms. The van der Waals surface area contributed by atoms with E-state index in [1.165, 1.54) is 12.1 Å². The molecular weight excluding hydrogens is 327 g/mol. The van der Waals surface area contributed by atoms with Gasteiger partial charge in [-0.25, -0.2) is 0 Å². The summed E-state index contributed by atoms with van der Waals surface area (Å²) in [5.74, 6) is 0.884. The lowest BCUT2D eigenvalue weighted by Crippen LogP contribution is -2.03. The van der Waals surface area contributed by atoms with Crippen LogP contribution in [0.15, 0.2) is 36.4 Å². The van der Waals surface area contributed by atoms with E-state index in [4.69, 9.17) is 27.9 Å². The molecule has 0 amide bonds. The average Bonchev–Trinajstić information content (AvgIpc) is 2.48. The van der Waals surface area contributed by atoms with Crippen molar-refractivity contribution in [3.63, 3.8) is 0 Å². The minimum Gasteiger partial charge on any atom is -0.456 e. The van der Waals surface area contributed by atoms with Gasteiger partial charge in [-0.15, -0.1) is 0 Å². The lowest BCUT2D eigenvalue weighted by molar-refractivity contribution is -0.384. The Labute approximate surface area is 138 Å². The fourth-order valence-corrected chi connectivity index (χ4v) is 2.27. The zero-order valence-electron chi connectivity index (χ0n) is 11.8. The molecular formula is C15H14Cl2N2O3. The lowest BCUT2D eigenvalue weighted by Gasteiger charge is -2.11. The summed E-state index contributed by atoms with van der Waals surface area (Å²) in [5, 5.41) is 14.9. The molecule has 0 radical (unpaired) electrons. The van der Waals surface area contributed by atoms with Crippen LogP contribution in [0.3, 0.4) is 0 Å². The molecule has 0 atom stereocenters. The standard InChI is InChI=1S/C15H14Cl2N2O3/c1-2-7-18-13-9-11(4-5-14(13)19(20)21)22-15-6-3-10(16)8-12(15)17/h3-6,8-9,18H,2,7H2,1H3. The van der Waals surface area contributed by atoms with E-state index in [1.54, 1.807) is 24.3 Å². The summed E-state index contributed by atoms with van der Waals surface area (Å²) in [4.78, 5) is 10.6. The molecule has 116 valence electrons. The van der Waals surface area contributed by atoms with Gasteiger partial charge in [0.25, 0.3) is 5.69 Å². The van der Waals surface area contributed by atoms with Crippen molar-refractivity contribution in [2.75, 3.05) is 11.9 Å². The van der Waals surface area contributed by atoms with Crippen molar-refractivity contribution in [1.29, 1.82) is 0 Å². The Bertz CT molecular complexity index is 692. The zero-order valence-corrected chi connectivity index (χ0v) is 13.3. The lowest BCUT2D eigenvalue weighted by atomic mass is 10.2. The summed E-state index contributed by atoms with van der Waals surface area (Å²) in [5.41, 5.74) is 0.414. The molecule has 0 aliphatic carbocycles. The monoisotopic (exact) mass is 340 g/mol. The maximum Gasteiger partial charge on any atom is 0.292 e. The van der Waals surface area contributed by atoms with Crippen LogP contribution in [-0.2, 0) is 0 Å². The van der Waals surface area contributed by atoms with E-state index in [1.807, 2.05) is 6.92 Å². The van der Waals surface area contributed by atoms with Crippen LogP contribution in [0.25, 0.3) is 0 Å². The molecule has 0 unspecified atom stereocenters. The number of nitro groups is 1. The highest BCUT2D eigenvalue weighted by Crippen LogP contribution is 2.35. The molecule has 22 heavy (non-hydrogen) atoms. The summed E-state index contributed by atoms with van der Waals surface area (Å²) in [6.45, 7) is 2.61. The number of nitrogens with zero attached hydrogens (tertiary/aromatic N) is 1. The van der Waals surface area contributed by atoms with Crippen LogP contribution in [0.5, 0.6) is 11.5 Å². The van der Waals surface area contributed by atoms with Crippen molar-refractivity contribution in [2.45, 2.75) is 13.3 Å². The van der Waals surface area contributed by atoms with Crippen LogP contribution in [-0.4, -0.2) is 11.5 Å². The summed E-state index contributed by atoms with van der Waals surface area (Å²) in [6.07, 6.45) is 0.852. The van der Waals surface area contributed by atoms with Crippen LogP contribution in [0, 0.1) is 10.1 Å². The van der Waals surface area contributed by atoms with Gasteiger partial charge in [0.05, 0.1) is 9.95 Å². The predicted molar refractivity (Wildman–Crippen MR) is 88.4 cm³/mol. The van der Waals surface area contributed by atoms with Crippen molar-refractivity contribution in [2.24, 2.45) is 0 Å². The average molecular weight is 341 g/mol. The molecule has 2 aromatic carbocycles. The second kappa shape index (κ2) is 7.33. The SMILES string of the molecule is CCCNc1cc(Oc2ccc(Cl)cc2Cl)ccc1[N+](=O)[O-]. The number of rotatable bonds is 6. The molecule has 0 aliphatic heterocycles. The Kier molecular flexibility index (Phi) is 5.46. The Morgan fingerprint density at radius 2 is 2.00 bits per heavy atom. The fraction of sp³-hybridized carbons (Fsp3) is 0.200. The first kappa shape index (κ1) is 16.4. The van der Waals surface area contributed by atoms with Crippen LogP contribution < -0.4 is 10.1 Å². The Morgan fingerprint density at radius 3 is 2.64 bits per heavy atom. The fourth-order valence-electron chi connectivity index (χ4n) is 1.82.